The number of nitrogens with one attached hydrogen (secondary N) is 2. The van der Waals surface area contributed by atoms with Crippen molar-refractivity contribution < 1.29 is 4.79 Å². The molecule has 5 heteroatoms. The highest BCUT2D eigenvalue weighted by atomic mass is 16.1. The van der Waals surface area contributed by atoms with Gasteiger partial charge in [-0.2, -0.15) is 0 Å². The van der Waals surface area contributed by atoms with E-state index in [9.17, 15) is 4.79 Å². The molecule has 0 bridgehead atoms. The number of hydrogen-bond acceptors (Lipinski definition) is 4. The summed E-state index contributed by atoms with van der Waals surface area (Å²) in [5, 5.41) is 14.6. The molecule has 25 heavy (non-hydrogen) atoms. The molecule has 0 unspecified atom stereocenters. The predicted octanol–water partition coefficient (Wildman–Crippen LogP) is 3.85. The lowest BCUT2D eigenvalue weighted by molar-refractivity contribution is 0.0945. The lowest BCUT2D eigenvalue weighted by Crippen LogP contribution is -2.25. The molecule has 1 saturated carbocycles. The quantitative estimate of drug-likeness (QED) is 0.813. The summed E-state index contributed by atoms with van der Waals surface area (Å²) in [6, 6.07) is 12.1. The highest BCUT2D eigenvalue weighted by Gasteiger charge is 2.13. The molecule has 1 aromatic carbocycles. The van der Waals surface area contributed by atoms with Crippen molar-refractivity contribution >= 4 is 11.7 Å². The fraction of sp³-hybridized carbons (Fsp3) is 0.450. The van der Waals surface area contributed by atoms with Gasteiger partial charge < -0.3 is 10.6 Å². The molecule has 132 valence electrons. The van der Waals surface area contributed by atoms with Crippen LogP contribution in [0.2, 0.25) is 0 Å². The summed E-state index contributed by atoms with van der Waals surface area (Å²) < 4.78 is 0. The largest absolute Gasteiger partial charge is 0.366 e. The van der Waals surface area contributed by atoms with E-state index in [0.29, 0.717) is 18.3 Å². The first-order valence-corrected chi connectivity index (χ1v) is 9.15. The van der Waals surface area contributed by atoms with Crippen LogP contribution in [0, 0.1) is 6.92 Å². The average Bonchev–Trinajstić information content (AvgIpc) is 2.89. The van der Waals surface area contributed by atoms with E-state index in [0.717, 1.165) is 11.4 Å². The molecule has 1 heterocycles. The number of aromatic nitrogens is 2. The van der Waals surface area contributed by atoms with Crippen molar-refractivity contribution in [3.63, 3.8) is 0 Å². The Hall–Kier alpha value is -2.43. The van der Waals surface area contributed by atoms with Crippen molar-refractivity contribution in [3.8, 4) is 0 Å². The third-order valence-electron chi connectivity index (χ3n) is 4.64. The summed E-state index contributed by atoms with van der Waals surface area (Å²) in [6.45, 7) is 2.53. The van der Waals surface area contributed by atoms with Gasteiger partial charge in [-0.1, -0.05) is 55.5 Å². The fourth-order valence-corrected chi connectivity index (χ4v) is 3.26. The van der Waals surface area contributed by atoms with E-state index in [1.54, 1.807) is 6.07 Å². The van der Waals surface area contributed by atoms with Crippen LogP contribution in [0.15, 0.2) is 36.4 Å². The zero-order chi connectivity index (χ0) is 17.5. The van der Waals surface area contributed by atoms with E-state index in [-0.39, 0.29) is 5.91 Å². The Labute approximate surface area is 149 Å². The van der Waals surface area contributed by atoms with Crippen molar-refractivity contribution in [1.29, 1.82) is 0 Å². The van der Waals surface area contributed by atoms with Gasteiger partial charge in [-0.15, -0.1) is 10.2 Å². The molecule has 0 radical (unpaired) electrons. The lowest BCUT2D eigenvalue weighted by Gasteiger charge is -2.16. The molecule has 1 aliphatic carbocycles. The molecular weight excluding hydrogens is 312 g/mol. The highest BCUT2D eigenvalue weighted by Crippen LogP contribution is 2.20. The Bertz CT molecular complexity index is 691. The van der Waals surface area contributed by atoms with Crippen LogP contribution in [0.5, 0.6) is 0 Å². The second-order valence-electron chi connectivity index (χ2n) is 6.81. The molecule has 0 spiro atoms. The molecule has 0 aliphatic heterocycles. The molecule has 1 amide bonds. The van der Waals surface area contributed by atoms with Crippen molar-refractivity contribution in [1.82, 2.24) is 15.5 Å². The van der Waals surface area contributed by atoms with Gasteiger partial charge in [0.2, 0.25) is 0 Å². The fourth-order valence-electron chi connectivity index (χ4n) is 3.26. The highest BCUT2D eigenvalue weighted by molar-refractivity contribution is 5.92. The molecule has 1 fully saturated rings. The van der Waals surface area contributed by atoms with Gasteiger partial charge in [-0.25, -0.2) is 0 Å². The monoisotopic (exact) mass is 338 g/mol. The van der Waals surface area contributed by atoms with Gasteiger partial charge in [0.25, 0.3) is 5.91 Å². The Morgan fingerprint density at radius 3 is 2.56 bits per heavy atom. The van der Waals surface area contributed by atoms with Crippen LogP contribution in [0.4, 0.5) is 5.82 Å². The van der Waals surface area contributed by atoms with Crippen LogP contribution >= 0.6 is 0 Å². The second kappa shape index (κ2) is 8.60. The van der Waals surface area contributed by atoms with Crippen LogP contribution in [-0.4, -0.2) is 22.1 Å². The third-order valence-corrected chi connectivity index (χ3v) is 4.64. The van der Waals surface area contributed by atoms with E-state index in [1.807, 2.05) is 31.2 Å². The van der Waals surface area contributed by atoms with Gasteiger partial charge in [0.15, 0.2) is 5.69 Å². The smallest absolute Gasteiger partial charge is 0.272 e. The number of amides is 1. The van der Waals surface area contributed by atoms with E-state index >= 15 is 0 Å². The van der Waals surface area contributed by atoms with E-state index in [1.165, 1.54) is 44.1 Å². The topological polar surface area (TPSA) is 66.9 Å². The number of benzene rings is 1. The first-order chi connectivity index (χ1) is 12.2. The van der Waals surface area contributed by atoms with Gasteiger partial charge in [0.1, 0.15) is 5.82 Å². The summed E-state index contributed by atoms with van der Waals surface area (Å²) in [6.07, 6.45) is 7.55. The number of nitrogens with zero attached hydrogens (tertiary/aromatic N) is 2. The molecule has 0 saturated heterocycles. The average molecular weight is 338 g/mol. The summed E-state index contributed by atoms with van der Waals surface area (Å²) in [5.41, 5.74) is 2.60. The zero-order valence-corrected chi connectivity index (χ0v) is 14.8. The summed E-state index contributed by atoms with van der Waals surface area (Å²) in [7, 11) is 0. The summed E-state index contributed by atoms with van der Waals surface area (Å²) >= 11 is 0. The van der Waals surface area contributed by atoms with Crippen molar-refractivity contribution in [2.75, 3.05) is 5.32 Å². The maximum atomic E-state index is 12.2. The Balaban J connectivity index is 1.53. The first kappa shape index (κ1) is 17.4. The molecule has 2 aromatic rings. The van der Waals surface area contributed by atoms with E-state index in [2.05, 4.69) is 26.9 Å². The van der Waals surface area contributed by atoms with E-state index < -0.39 is 0 Å². The Kier molecular flexibility index (Phi) is 5.99. The first-order valence-electron chi connectivity index (χ1n) is 9.15. The van der Waals surface area contributed by atoms with E-state index in [4.69, 9.17) is 0 Å². The zero-order valence-electron chi connectivity index (χ0n) is 14.8. The number of carbonyl (C=O) groups excluding carboxylic acids is 1. The standard InChI is InChI=1S/C20H26N4O/c1-15-7-6-8-16(13-15)14-21-20(25)18-11-12-19(24-23-18)22-17-9-4-2-3-5-10-17/h6-8,11-13,17H,2-5,9-10,14H2,1H3,(H,21,25)(H,22,24). The molecule has 2 N–H and O–H groups in total. The summed E-state index contributed by atoms with van der Waals surface area (Å²) in [4.78, 5) is 12.2. The molecule has 0 atom stereocenters. The van der Waals surface area contributed by atoms with Crippen molar-refractivity contribution in [3.05, 3.63) is 53.2 Å². The molecule has 1 aromatic heterocycles. The number of carbonyl (C=O) groups is 1. The van der Waals surface area contributed by atoms with Crippen LogP contribution < -0.4 is 10.6 Å². The lowest BCUT2D eigenvalue weighted by atomic mass is 10.1. The minimum Gasteiger partial charge on any atom is -0.366 e. The second-order valence-corrected chi connectivity index (χ2v) is 6.81. The number of anilines is 1. The van der Waals surface area contributed by atoms with Crippen molar-refractivity contribution in [2.24, 2.45) is 0 Å². The molecule has 3 rings (SSSR count). The Morgan fingerprint density at radius 2 is 1.88 bits per heavy atom. The van der Waals surface area contributed by atoms with Crippen LogP contribution in [0.25, 0.3) is 0 Å². The maximum absolute atomic E-state index is 12.2. The van der Waals surface area contributed by atoms with Crippen LogP contribution in [-0.2, 0) is 6.54 Å². The minimum atomic E-state index is -0.199. The normalized spacial score (nSPS) is 15.4. The predicted molar refractivity (Wildman–Crippen MR) is 99.5 cm³/mol. The third kappa shape index (κ3) is 5.28. The number of hydrogen-bond donors (Lipinski definition) is 2. The van der Waals surface area contributed by atoms with Gasteiger partial charge in [-0.05, 0) is 37.5 Å². The summed E-state index contributed by atoms with van der Waals surface area (Å²) in [5.74, 6) is 0.553. The molecular formula is C20H26N4O. The van der Waals surface area contributed by atoms with Gasteiger partial charge in [0, 0.05) is 12.6 Å². The molecule has 1 aliphatic rings. The van der Waals surface area contributed by atoms with Gasteiger partial charge in [0.05, 0.1) is 0 Å². The van der Waals surface area contributed by atoms with Crippen molar-refractivity contribution in [2.45, 2.75) is 58.0 Å². The minimum absolute atomic E-state index is 0.199. The van der Waals surface area contributed by atoms with Gasteiger partial charge in [-0.3, -0.25) is 4.79 Å². The Morgan fingerprint density at radius 1 is 1.08 bits per heavy atom. The van der Waals surface area contributed by atoms with Gasteiger partial charge >= 0.3 is 0 Å². The number of rotatable bonds is 5. The van der Waals surface area contributed by atoms with Crippen LogP contribution in [0.1, 0.15) is 60.1 Å². The number of aryl methyl sites for hydroxylation is 1. The maximum Gasteiger partial charge on any atom is 0.272 e. The van der Waals surface area contributed by atoms with Crippen LogP contribution in [0.3, 0.4) is 0 Å². The molecule has 5 nitrogen and oxygen atoms in total. The SMILES string of the molecule is Cc1cccc(CNC(=O)c2ccc(NC3CCCCCC3)nn2)c1.